The van der Waals surface area contributed by atoms with Crippen LogP contribution < -0.4 is 0 Å². The molecule has 3 nitrogen and oxygen atoms in total. The molecule has 0 aliphatic rings. The van der Waals surface area contributed by atoms with Crippen molar-refractivity contribution in [3.05, 3.63) is 76.9 Å². The molecule has 1 heterocycles. The SMILES string of the molecule is C=CCc1cccc2c1c(Br)cn2S(=O)(=O)c1ccc(C)cc1. The molecule has 0 saturated carbocycles. The highest BCUT2D eigenvalue weighted by molar-refractivity contribution is 9.10. The first kappa shape index (κ1) is 16.0. The van der Waals surface area contributed by atoms with Gasteiger partial charge in [-0.15, -0.1) is 6.58 Å². The Morgan fingerprint density at radius 3 is 2.52 bits per heavy atom. The molecule has 3 rings (SSSR count). The van der Waals surface area contributed by atoms with Crippen LogP contribution in [0.4, 0.5) is 0 Å². The van der Waals surface area contributed by atoms with Crippen LogP contribution in [0.1, 0.15) is 11.1 Å². The van der Waals surface area contributed by atoms with E-state index in [1.165, 1.54) is 3.97 Å². The molecule has 0 atom stereocenters. The third-order valence-electron chi connectivity index (χ3n) is 3.78. The number of benzene rings is 2. The number of aryl methyl sites for hydroxylation is 1. The Balaban J connectivity index is 2.26. The summed E-state index contributed by atoms with van der Waals surface area (Å²) >= 11 is 3.50. The van der Waals surface area contributed by atoms with E-state index in [4.69, 9.17) is 0 Å². The van der Waals surface area contributed by atoms with Gasteiger partial charge in [0.05, 0.1) is 10.4 Å². The molecule has 0 bridgehead atoms. The highest BCUT2D eigenvalue weighted by Crippen LogP contribution is 2.32. The van der Waals surface area contributed by atoms with E-state index in [0.29, 0.717) is 11.9 Å². The average molecular weight is 390 g/mol. The molecular weight excluding hydrogens is 374 g/mol. The lowest BCUT2D eigenvalue weighted by Crippen LogP contribution is -2.11. The van der Waals surface area contributed by atoms with E-state index in [9.17, 15) is 8.42 Å². The predicted molar refractivity (Wildman–Crippen MR) is 97.3 cm³/mol. The standard InChI is InChI=1S/C18H16BrNO2S/c1-3-5-14-6-4-7-17-18(14)16(19)12-20(17)23(21,22)15-10-8-13(2)9-11-15/h3-4,6-12H,1,5H2,2H3. The molecule has 23 heavy (non-hydrogen) atoms. The summed E-state index contributed by atoms with van der Waals surface area (Å²) in [5.74, 6) is 0. The van der Waals surface area contributed by atoms with E-state index in [0.717, 1.165) is 21.0 Å². The van der Waals surface area contributed by atoms with Crippen molar-refractivity contribution in [2.24, 2.45) is 0 Å². The second kappa shape index (κ2) is 5.98. The minimum absolute atomic E-state index is 0.279. The van der Waals surface area contributed by atoms with E-state index < -0.39 is 10.0 Å². The first-order valence-corrected chi connectivity index (χ1v) is 9.40. The van der Waals surface area contributed by atoms with Crippen LogP contribution in [0.5, 0.6) is 0 Å². The zero-order chi connectivity index (χ0) is 16.6. The van der Waals surface area contributed by atoms with Crippen molar-refractivity contribution >= 4 is 36.9 Å². The summed E-state index contributed by atoms with van der Waals surface area (Å²) in [7, 11) is -3.63. The highest BCUT2D eigenvalue weighted by Gasteiger charge is 2.21. The number of halogens is 1. The Morgan fingerprint density at radius 2 is 1.87 bits per heavy atom. The van der Waals surface area contributed by atoms with E-state index in [1.807, 2.05) is 31.2 Å². The molecule has 118 valence electrons. The summed E-state index contributed by atoms with van der Waals surface area (Å²) in [4.78, 5) is 0.279. The predicted octanol–water partition coefficient (Wildman–Crippen LogP) is 4.68. The fourth-order valence-electron chi connectivity index (χ4n) is 2.63. The van der Waals surface area contributed by atoms with Gasteiger partial charge in [-0.3, -0.25) is 0 Å². The minimum Gasteiger partial charge on any atom is -0.240 e. The molecule has 0 fully saturated rings. The molecule has 0 aliphatic heterocycles. The Kier molecular flexibility index (Phi) is 4.17. The second-order valence-electron chi connectivity index (χ2n) is 5.40. The molecule has 5 heteroatoms. The van der Waals surface area contributed by atoms with Crippen molar-refractivity contribution in [1.29, 1.82) is 0 Å². The molecule has 0 N–H and O–H groups in total. The second-order valence-corrected chi connectivity index (χ2v) is 8.06. The van der Waals surface area contributed by atoms with Gasteiger partial charge in [-0.2, -0.15) is 0 Å². The lowest BCUT2D eigenvalue weighted by molar-refractivity contribution is 0.589. The fraction of sp³-hybridized carbons (Fsp3) is 0.111. The maximum absolute atomic E-state index is 13.0. The Labute approximate surface area is 144 Å². The van der Waals surface area contributed by atoms with Crippen LogP contribution in [0.2, 0.25) is 0 Å². The monoisotopic (exact) mass is 389 g/mol. The zero-order valence-electron chi connectivity index (χ0n) is 12.7. The van der Waals surface area contributed by atoms with Crippen molar-refractivity contribution in [3.8, 4) is 0 Å². The molecule has 0 radical (unpaired) electrons. The summed E-state index contributed by atoms with van der Waals surface area (Å²) < 4.78 is 28.0. The van der Waals surface area contributed by atoms with E-state index in [2.05, 4.69) is 22.5 Å². The van der Waals surface area contributed by atoms with E-state index in [1.54, 1.807) is 30.5 Å². The van der Waals surface area contributed by atoms with Gasteiger partial charge in [0.15, 0.2) is 0 Å². The van der Waals surface area contributed by atoms with Gasteiger partial charge in [-0.05, 0) is 53.0 Å². The number of rotatable bonds is 4. The maximum Gasteiger partial charge on any atom is 0.268 e. The van der Waals surface area contributed by atoms with Crippen LogP contribution in [-0.2, 0) is 16.4 Å². The number of fused-ring (bicyclic) bond motifs is 1. The quantitative estimate of drug-likeness (QED) is 0.607. The Hall–Kier alpha value is -1.85. The summed E-state index contributed by atoms with van der Waals surface area (Å²) in [6, 6.07) is 12.5. The summed E-state index contributed by atoms with van der Waals surface area (Å²) in [6.07, 6.45) is 4.12. The van der Waals surface area contributed by atoms with Crippen LogP contribution in [0.15, 0.2) is 70.7 Å². The number of allylic oxidation sites excluding steroid dienone is 1. The van der Waals surface area contributed by atoms with Crippen LogP contribution in [0.25, 0.3) is 10.9 Å². The first-order chi connectivity index (χ1) is 10.9. The van der Waals surface area contributed by atoms with Gasteiger partial charge >= 0.3 is 0 Å². The maximum atomic E-state index is 13.0. The van der Waals surface area contributed by atoms with Crippen molar-refractivity contribution in [2.45, 2.75) is 18.2 Å². The summed E-state index contributed by atoms with van der Waals surface area (Å²) in [5.41, 5.74) is 2.73. The smallest absolute Gasteiger partial charge is 0.240 e. The molecular formula is C18H16BrNO2S. The average Bonchev–Trinajstić information content (AvgIpc) is 2.87. The molecule has 0 amide bonds. The number of nitrogens with zero attached hydrogens (tertiary/aromatic N) is 1. The third kappa shape index (κ3) is 2.75. The normalized spacial score (nSPS) is 11.7. The fourth-order valence-corrected chi connectivity index (χ4v) is 4.79. The first-order valence-electron chi connectivity index (χ1n) is 7.16. The van der Waals surface area contributed by atoms with Crippen LogP contribution >= 0.6 is 15.9 Å². The molecule has 3 aromatic rings. The highest BCUT2D eigenvalue weighted by atomic mass is 79.9. The van der Waals surface area contributed by atoms with Gasteiger partial charge in [-0.1, -0.05) is 35.9 Å². The summed E-state index contributed by atoms with van der Waals surface area (Å²) in [5, 5.41) is 0.906. The van der Waals surface area contributed by atoms with Gasteiger partial charge in [0, 0.05) is 16.1 Å². The van der Waals surface area contributed by atoms with Crippen molar-refractivity contribution in [2.75, 3.05) is 0 Å². The molecule has 0 aliphatic carbocycles. The number of hydrogen-bond donors (Lipinski definition) is 0. The molecule has 1 aromatic heterocycles. The number of aromatic nitrogens is 1. The molecule has 0 saturated heterocycles. The number of hydrogen-bond acceptors (Lipinski definition) is 2. The topological polar surface area (TPSA) is 39.1 Å². The molecule has 2 aromatic carbocycles. The minimum atomic E-state index is -3.63. The lowest BCUT2D eigenvalue weighted by atomic mass is 10.1. The summed E-state index contributed by atoms with van der Waals surface area (Å²) in [6.45, 7) is 5.69. The van der Waals surface area contributed by atoms with Crippen molar-refractivity contribution in [3.63, 3.8) is 0 Å². The van der Waals surface area contributed by atoms with Crippen LogP contribution in [0.3, 0.4) is 0 Å². The molecule has 0 spiro atoms. The van der Waals surface area contributed by atoms with Gasteiger partial charge in [0.1, 0.15) is 0 Å². The van der Waals surface area contributed by atoms with Gasteiger partial charge in [-0.25, -0.2) is 12.4 Å². The van der Waals surface area contributed by atoms with E-state index >= 15 is 0 Å². The third-order valence-corrected chi connectivity index (χ3v) is 6.07. The van der Waals surface area contributed by atoms with Crippen molar-refractivity contribution < 1.29 is 8.42 Å². The van der Waals surface area contributed by atoms with Gasteiger partial charge in [0.2, 0.25) is 0 Å². The lowest BCUT2D eigenvalue weighted by Gasteiger charge is -2.08. The zero-order valence-corrected chi connectivity index (χ0v) is 15.1. The largest absolute Gasteiger partial charge is 0.268 e. The van der Waals surface area contributed by atoms with Crippen LogP contribution in [0, 0.1) is 6.92 Å². The van der Waals surface area contributed by atoms with Gasteiger partial charge in [0.25, 0.3) is 10.0 Å². The van der Waals surface area contributed by atoms with E-state index in [-0.39, 0.29) is 4.90 Å². The van der Waals surface area contributed by atoms with Gasteiger partial charge < -0.3 is 0 Å². The molecule has 0 unspecified atom stereocenters. The van der Waals surface area contributed by atoms with Crippen LogP contribution in [-0.4, -0.2) is 12.4 Å². The Morgan fingerprint density at radius 1 is 1.17 bits per heavy atom. The van der Waals surface area contributed by atoms with Crippen molar-refractivity contribution in [1.82, 2.24) is 3.97 Å². The Bertz CT molecular complexity index is 986.